The fourth-order valence-corrected chi connectivity index (χ4v) is 5.86. The Balaban J connectivity index is 4.57. The largest absolute Gasteiger partial charge is 0.756 e. The molecule has 0 fully saturated rings. The minimum Gasteiger partial charge on any atom is -0.756 e. The number of rotatable bonds is 38. The van der Waals surface area contributed by atoms with Gasteiger partial charge in [-0.15, -0.1) is 0 Å². The topological polar surface area (TPSA) is 131 Å². The maximum Gasteiger partial charge on any atom is 0.306 e. The molecule has 3 atom stereocenters. The van der Waals surface area contributed by atoms with Crippen LogP contribution in [0.25, 0.3) is 0 Å². The average Bonchev–Trinajstić information content (AvgIpc) is 3.17. The molecule has 0 saturated heterocycles. The molecule has 0 aromatic carbocycles. The molecule has 59 heavy (non-hydrogen) atoms. The number of unbranched alkanes of at least 4 members (excludes halogenated alkanes) is 6. The molecular weight excluding hydrogens is 766 g/mol. The van der Waals surface area contributed by atoms with E-state index in [1.165, 1.54) is 19.3 Å². The molecule has 0 spiro atoms. The predicted molar refractivity (Wildman–Crippen MR) is 241 cm³/mol. The predicted octanol–water partition coefficient (Wildman–Crippen LogP) is 10.9. The molecule has 0 aromatic rings. The highest BCUT2D eigenvalue weighted by Gasteiger charge is 2.21. The maximum atomic E-state index is 12.7. The zero-order valence-corrected chi connectivity index (χ0v) is 38.2. The Labute approximate surface area is 358 Å². The van der Waals surface area contributed by atoms with Crippen LogP contribution in [0.5, 0.6) is 0 Å². The van der Waals surface area contributed by atoms with Gasteiger partial charge in [-0.2, -0.15) is 0 Å². The first-order valence-corrected chi connectivity index (χ1v) is 23.4. The van der Waals surface area contributed by atoms with Gasteiger partial charge in [0.1, 0.15) is 19.8 Å². The van der Waals surface area contributed by atoms with Crippen LogP contribution in [-0.4, -0.2) is 81.2 Å². The first kappa shape index (κ1) is 55.9. The fourth-order valence-electron chi connectivity index (χ4n) is 5.13. The molecule has 0 aromatic heterocycles. The molecule has 11 heteroatoms. The molecule has 0 aliphatic heterocycles. The molecule has 0 saturated carbocycles. The number of aliphatic hydroxyl groups is 1. The number of ether oxygens (including phenoxy) is 2. The second-order valence-corrected chi connectivity index (χ2v) is 17.0. The lowest BCUT2D eigenvalue weighted by molar-refractivity contribution is -0.870. The van der Waals surface area contributed by atoms with Crippen LogP contribution >= 0.6 is 7.82 Å². The highest BCUT2D eigenvalue weighted by Crippen LogP contribution is 2.38. The van der Waals surface area contributed by atoms with E-state index in [9.17, 15) is 24.2 Å². The SMILES string of the molecule is CCCCC/C=C\C/C=C\C/C=C\C/C=C\CCCC(=O)O[C@H](COC(=O)CCC/C=C\C/C=C\C/C=C\C/C=C\CCC[C@@H](C)O)COP(=O)([O-])OCC[N+](C)(C)C. The van der Waals surface area contributed by atoms with Gasteiger partial charge in [0.2, 0.25) is 0 Å². The lowest BCUT2D eigenvalue weighted by atomic mass is 10.1. The molecule has 0 radical (unpaired) electrons. The Morgan fingerprint density at radius 3 is 1.47 bits per heavy atom. The van der Waals surface area contributed by atoms with Crippen LogP contribution in [0, 0.1) is 0 Å². The minimum atomic E-state index is -4.67. The number of esters is 2. The molecular formula is C48H80NO9P. The fraction of sp³-hybridized carbons (Fsp3) is 0.625. The summed E-state index contributed by atoms with van der Waals surface area (Å²) in [6.45, 7) is 3.58. The number of likely N-dealkylation sites (N-methyl/N-ethyl adjacent to an activating group) is 1. The van der Waals surface area contributed by atoms with Crippen molar-refractivity contribution in [3.8, 4) is 0 Å². The van der Waals surface area contributed by atoms with Crippen molar-refractivity contribution in [1.82, 2.24) is 0 Å². The van der Waals surface area contributed by atoms with Crippen LogP contribution in [0.3, 0.4) is 0 Å². The second kappa shape index (κ2) is 39.1. The number of aliphatic hydroxyl groups excluding tert-OH is 1. The molecule has 336 valence electrons. The van der Waals surface area contributed by atoms with Crippen molar-refractivity contribution in [3.05, 3.63) is 97.2 Å². The molecule has 0 amide bonds. The van der Waals surface area contributed by atoms with Gasteiger partial charge in [0.15, 0.2) is 6.10 Å². The zero-order valence-electron chi connectivity index (χ0n) is 37.3. The van der Waals surface area contributed by atoms with Crippen LogP contribution in [0.1, 0.15) is 136 Å². The molecule has 0 aliphatic rings. The minimum absolute atomic E-state index is 0.0604. The van der Waals surface area contributed by atoms with Gasteiger partial charge >= 0.3 is 11.9 Å². The van der Waals surface area contributed by atoms with Crippen molar-refractivity contribution in [1.29, 1.82) is 0 Å². The highest BCUT2D eigenvalue weighted by atomic mass is 31.2. The van der Waals surface area contributed by atoms with Gasteiger partial charge in [0, 0.05) is 12.8 Å². The van der Waals surface area contributed by atoms with E-state index in [4.69, 9.17) is 18.5 Å². The van der Waals surface area contributed by atoms with E-state index in [2.05, 4.69) is 92.0 Å². The highest BCUT2D eigenvalue weighted by molar-refractivity contribution is 7.45. The number of phosphoric ester groups is 1. The van der Waals surface area contributed by atoms with E-state index in [0.717, 1.165) is 64.2 Å². The van der Waals surface area contributed by atoms with Crippen LogP contribution in [0.4, 0.5) is 0 Å². The summed E-state index contributed by atoms with van der Waals surface area (Å²) in [5.74, 6) is -0.994. The molecule has 10 nitrogen and oxygen atoms in total. The number of carbonyl (C=O) groups is 2. The molecule has 0 heterocycles. The van der Waals surface area contributed by atoms with Crippen LogP contribution in [0.2, 0.25) is 0 Å². The van der Waals surface area contributed by atoms with Crippen molar-refractivity contribution >= 4 is 19.8 Å². The number of allylic oxidation sites excluding steroid dienone is 16. The van der Waals surface area contributed by atoms with E-state index >= 15 is 0 Å². The maximum absolute atomic E-state index is 12.7. The number of hydrogen-bond donors (Lipinski definition) is 1. The van der Waals surface area contributed by atoms with E-state index in [-0.39, 0.29) is 32.2 Å². The lowest BCUT2D eigenvalue weighted by Gasteiger charge is -2.28. The monoisotopic (exact) mass is 846 g/mol. The number of phosphoric acid groups is 1. The molecule has 1 N–H and O–H groups in total. The third-order valence-corrected chi connectivity index (χ3v) is 9.56. The van der Waals surface area contributed by atoms with E-state index in [0.29, 0.717) is 36.7 Å². The molecule has 1 unspecified atom stereocenters. The van der Waals surface area contributed by atoms with E-state index in [1.807, 2.05) is 40.2 Å². The smallest absolute Gasteiger partial charge is 0.306 e. The summed E-state index contributed by atoms with van der Waals surface area (Å²) in [5.41, 5.74) is 0. The van der Waals surface area contributed by atoms with Gasteiger partial charge in [0.05, 0.1) is 33.9 Å². The molecule has 0 rings (SSSR count). The zero-order chi connectivity index (χ0) is 43.7. The standard InChI is InChI=1S/C48H80NO9P/c1-6-7-8-9-10-11-12-13-14-15-18-22-25-28-31-34-37-40-48(52)58-46(44-57-59(53,54)56-42-41-49(3,4)5)43-55-47(51)39-36-33-30-27-24-21-19-16-17-20-23-26-29-32-35-38-45(2)50/h10-11,13-14,17-22,26-31,45-46,50H,6-9,12,15-16,23-25,32-44H2,1-5H3/b11-10-,14-13-,20-17-,21-19-,22-18-,29-26-,30-27-,31-28-/t45-,46-/m1/s1. The van der Waals surface area contributed by atoms with Crippen molar-refractivity contribution in [2.45, 2.75) is 148 Å². The Hall–Kier alpha value is -3.11. The summed E-state index contributed by atoms with van der Waals surface area (Å²) >= 11 is 0. The van der Waals surface area contributed by atoms with Gasteiger partial charge in [-0.05, 0) is 103 Å². The van der Waals surface area contributed by atoms with Gasteiger partial charge in [-0.3, -0.25) is 14.2 Å². The lowest BCUT2D eigenvalue weighted by Crippen LogP contribution is -2.37. The van der Waals surface area contributed by atoms with Crippen LogP contribution < -0.4 is 4.89 Å². The summed E-state index contributed by atoms with van der Waals surface area (Å²) in [6, 6.07) is 0. The summed E-state index contributed by atoms with van der Waals surface area (Å²) in [4.78, 5) is 37.5. The third-order valence-electron chi connectivity index (χ3n) is 8.60. The number of hydrogen-bond acceptors (Lipinski definition) is 9. The van der Waals surface area contributed by atoms with Crippen molar-refractivity contribution in [3.63, 3.8) is 0 Å². The van der Waals surface area contributed by atoms with Crippen molar-refractivity contribution in [2.24, 2.45) is 0 Å². The average molecular weight is 846 g/mol. The molecule has 0 bridgehead atoms. The summed E-state index contributed by atoms with van der Waals surface area (Å²) in [7, 11) is 1.06. The van der Waals surface area contributed by atoms with Crippen LogP contribution in [-0.2, 0) is 32.7 Å². The first-order chi connectivity index (χ1) is 28.3. The Kier molecular flexibility index (Phi) is 37.0. The van der Waals surface area contributed by atoms with E-state index < -0.39 is 32.5 Å². The van der Waals surface area contributed by atoms with E-state index in [1.54, 1.807) is 0 Å². The quantitative estimate of drug-likeness (QED) is 0.0212. The summed E-state index contributed by atoms with van der Waals surface area (Å²) in [5, 5.41) is 9.27. The van der Waals surface area contributed by atoms with Gasteiger partial charge in [-0.1, -0.05) is 117 Å². The molecule has 0 aliphatic carbocycles. The van der Waals surface area contributed by atoms with Crippen LogP contribution in [0.15, 0.2) is 97.2 Å². The Bertz CT molecular complexity index is 1340. The Morgan fingerprint density at radius 1 is 0.610 bits per heavy atom. The normalized spacial score (nSPS) is 15.0. The number of carbonyl (C=O) groups excluding carboxylic acids is 2. The summed E-state index contributed by atoms with van der Waals surface area (Å²) in [6.07, 6.45) is 48.7. The first-order valence-electron chi connectivity index (χ1n) is 22.0. The second-order valence-electron chi connectivity index (χ2n) is 15.6. The third kappa shape index (κ3) is 44.3. The Morgan fingerprint density at radius 2 is 1.03 bits per heavy atom. The van der Waals surface area contributed by atoms with Crippen molar-refractivity contribution < 1.29 is 47.2 Å². The summed E-state index contributed by atoms with van der Waals surface area (Å²) < 4.78 is 33.7. The van der Waals surface area contributed by atoms with Gasteiger partial charge < -0.3 is 33.0 Å². The van der Waals surface area contributed by atoms with Gasteiger partial charge in [-0.25, -0.2) is 0 Å². The van der Waals surface area contributed by atoms with Crippen molar-refractivity contribution in [2.75, 3.05) is 47.5 Å². The number of quaternary nitrogens is 1. The number of nitrogens with zero attached hydrogens (tertiary/aromatic N) is 1. The van der Waals surface area contributed by atoms with Gasteiger partial charge in [0.25, 0.3) is 7.82 Å².